The van der Waals surface area contributed by atoms with Crippen LogP contribution in [0, 0.1) is 6.92 Å². The predicted octanol–water partition coefficient (Wildman–Crippen LogP) is 2.61. The van der Waals surface area contributed by atoms with Gasteiger partial charge in [0.1, 0.15) is 0 Å². The van der Waals surface area contributed by atoms with Crippen LogP contribution in [0.5, 0.6) is 0 Å². The Morgan fingerprint density at radius 2 is 2.27 bits per heavy atom. The molecule has 2 aromatic rings. The molecule has 1 aromatic carbocycles. The van der Waals surface area contributed by atoms with E-state index < -0.39 is 0 Å². The molecule has 0 fully saturated rings. The van der Waals surface area contributed by atoms with Crippen LogP contribution in [0.25, 0.3) is 10.9 Å². The highest BCUT2D eigenvalue weighted by Crippen LogP contribution is 2.28. The fraction of sp³-hybridized carbons (Fsp3) is 0.385. The Labute approximate surface area is 89.9 Å². The largest absolute Gasteiger partial charge is 0.339 e. The van der Waals surface area contributed by atoms with E-state index in [1.807, 2.05) is 0 Å². The van der Waals surface area contributed by atoms with Gasteiger partial charge >= 0.3 is 0 Å². The van der Waals surface area contributed by atoms with Crippen LogP contribution in [0.1, 0.15) is 24.2 Å². The molecular weight excluding hydrogens is 184 g/mol. The van der Waals surface area contributed by atoms with E-state index in [0.717, 1.165) is 13.1 Å². The van der Waals surface area contributed by atoms with Crippen molar-refractivity contribution in [2.24, 2.45) is 0 Å². The number of para-hydroxylation sites is 1. The number of nitrogens with zero attached hydrogens (tertiary/aromatic N) is 1. The molecule has 0 radical (unpaired) electrons. The van der Waals surface area contributed by atoms with Gasteiger partial charge in [-0.25, -0.2) is 0 Å². The monoisotopic (exact) mass is 200 g/mol. The molecule has 0 unspecified atom stereocenters. The van der Waals surface area contributed by atoms with Gasteiger partial charge in [0.05, 0.1) is 5.52 Å². The lowest BCUT2D eigenvalue weighted by Gasteiger charge is -2.25. The van der Waals surface area contributed by atoms with Gasteiger partial charge in [0, 0.05) is 30.2 Å². The average molecular weight is 200 g/mol. The lowest BCUT2D eigenvalue weighted by atomic mass is 10.1. The van der Waals surface area contributed by atoms with E-state index in [2.05, 4.69) is 48.0 Å². The second-order valence-electron chi connectivity index (χ2n) is 4.50. The normalized spacial score (nSPS) is 20.5. The molecule has 0 aliphatic carbocycles. The summed E-state index contributed by atoms with van der Waals surface area (Å²) >= 11 is 0. The van der Waals surface area contributed by atoms with Gasteiger partial charge in [-0.1, -0.05) is 18.2 Å². The lowest BCUT2D eigenvalue weighted by molar-refractivity contribution is 0.439. The average Bonchev–Trinajstić information content (AvgIpc) is 2.58. The van der Waals surface area contributed by atoms with Crippen LogP contribution in [0.15, 0.2) is 24.3 Å². The van der Waals surface area contributed by atoms with Crippen LogP contribution >= 0.6 is 0 Å². The van der Waals surface area contributed by atoms with Crippen molar-refractivity contribution in [2.45, 2.75) is 26.4 Å². The summed E-state index contributed by atoms with van der Waals surface area (Å²) in [7, 11) is 0. The second kappa shape index (κ2) is 3.11. The second-order valence-corrected chi connectivity index (χ2v) is 4.50. The highest BCUT2D eigenvalue weighted by atomic mass is 15.1. The van der Waals surface area contributed by atoms with Crippen molar-refractivity contribution in [1.29, 1.82) is 0 Å². The SMILES string of the molecule is Cc1cccc2cc3n(c12)[C@H](C)CNC3. The highest BCUT2D eigenvalue weighted by molar-refractivity contribution is 5.84. The minimum absolute atomic E-state index is 0.562. The first-order valence-electron chi connectivity index (χ1n) is 5.57. The maximum atomic E-state index is 3.45. The fourth-order valence-electron chi connectivity index (χ4n) is 2.66. The third-order valence-electron chi connectivity index (χ3n) is 3.33. The maximum absolute atomic E-state index is 3.45. The van der Waals surface area contributed by atoms with Crippen LogP contribution in [0.2, 0.25) is 0 Å². The van der Waals surface area contributed by atoms with Crippen LogP contribution in [0.4, 0.5) is 0 Å². The van der Waals surface area contributed by atoms with Crippen molar-refractivity contribution in [3.63, 3.8) is 0 Å². The molecule has 0 saturated heterocycles. The number of hydrogen-bond donors (Lipinski definition) is 1. The first kappa shape index (κ1) is 8.98. The molecule has 15 heavy (non-hydrogen) atoms. The Hall–Kier alpha value is -1.28. The Morgan fingerprint density at radius 3 is 3.13 bits per heavy atom. The fourth-order valence-corrected chi connectivity index (χ4v) is 2.66. The van der Waals surface area contributed by atoms with Crippen molar-refractivity contribution in [2.75, 3.05) is 6.54 Å². The summed E-state index contributed by atoms with van der Waals surface area (Å²) in [5.74, 6) is 0. The van der Waals surface area contributed by atoms with Gasteiger partial charge in [-0.3, -0.25) is 0 Å². The molecule has 2 heteroatoms. The summed E-state index contributed by atoms with van der Waals surface area (Å²) < 4.78 is 2.49. The number of hydrogen-bond acceptors (Lipinski definition) is 1. The first-order chi connectivity index (χ1) is 7.27. The maximum Gasteiger partial charge on any atom is 0.0515 e. The Morgan fingerprint density at radius 1 is 1.40 bits per heavy atom. The number of rotatable bonds is 0. The van der Waals surface area contributed by atoms with Crippen molar-refractivity contribution in [3.05, 3.63) is 35.5 Å². The van der Waals surface area contributed by atoms with E-state index in [0.29, 0.717) is 6.04 Å². The summed E-state index contributed by atoms with van der Waals surface area (Å²) in [5.41, 5.74) is 4.21. The summed E-state index contributed by atoms with van der Waals surface area (Å²) in [6, 6.07) is 9.42. The summed E-state index contributed by atoms with van der Waals surface area (Å²) in [6.07, 6.45) is 0. The number of benzene rings is 1. The molecule has 78 valence electrons. The molecule has 1 N–H and O–H groups in total. The van der Waals surface area contributed by atoms with E-state index >= 15 is 0 Å². The Bertz CT molecular complexity index is 510. The standard InChI is InChI=1S/C13H16N2/c1-9-4-3-5-11-6-12-8-14-7-10(2)15(12)13(9)11/h3-6,10,14H,7-8H2,1-2H3/t10-/m1/s1. The molecule has 1 aliphatic rings. The summed E-state index contributed by atoms with van der Waals surface area (Å²) in [6.45, 7) is 6.55. The van der Waals surface area contributed by atoms with Gasteiger partial charge in [-0.2, -0.15) is 0 Å². The molecular formula is C13H16N2. The van der Waals surface area contributed by atoms with Gasteiger partial charge in [0.15, 0.2) is 0 Å². The van der Waals surface area contributed by atoms with E-state index in [9.17, 15) is 0 Å². The van der Waals surface area contributed by atoms with E-state index in [1.165, 1.54) is 22.2 Å². The van der Waals surface area contributed by atoms with Crippen molar-refractivity contribution < 1.29 is 0 Å². The first-order valence-corrected chi connectivity index (χ1v) is 5.57. The third-order valence-corrected chi connectivity index (χ3v) is 3.33. The molecule has 2 heterocycles. The molecule has 1 atom stereocenters. The number of nitrogens with one attached hydrogen (secondary N) is 1. The number of fused-ring (bicyclic) bond motifs is 3. The molecule has 1 aromatic heterocycles. The van der Waals surface area contributed by atoms with Crippen LogP contribution in [-0.4, -0.2) is 11.1 Å². The van der Waals surface area contributed by atoms with Crippen molar-refractivity contribution in [1.82, 2.24) is 9.88 Å². The van der Waals surface area contributed by atoms with Crippen LogP contribution in [0.3, 0.4) is 0 Å². The minimum atomic E-state index is 0.562. The lowest BCUT2D eigenvalue weighted by Crippen LogP contribution is -2.31. The summed E-state index contributed by atoms with van der Waals surface area (Å²) in [5, 5.41) is 4.83. The molecule has 2 nitrogen and oxygen atoms in total. The number of aryl methyl sites for hydroxylation is 1. The van der Waals surface area contributed by atoms with Gasteiger partial charge in [-0.15, -0.1) is 0 Å². The summed E-state index contributed by atoms with van der Waals surface area (Å²) in [4.78, 5) is 0. The zero-order valence-corrected chi connectivity index (χ0v) is 9.25. The highest BCUT2D eigenvalue weighted by Gasteiger charge is 2.18. The number of aromatic nitrogens is 1. The van der Waals surface area contributed by atoms with Gasteiger partial charge in [0.2, 0.25) is 0 Å². The molecule has 0 saturated carbocycles. The molecule has 0 amide bonds. The minimum Gasteiger partial charge on any atom is -0.339 e. The molecule has 0 bridgehead atoms. The van der Waals surface area contributed by atoms with Gasteiger partial charge < -0.3 is 9.88 Å². The van der Waals surface area contributed by atoms with Crippen LogP contribution in [-0.2, 0) is 6.54 Å². The van der Waals surface area contributed by atoms with Crippen molar-refractivity contribution in [3.8, 4) is 0 Å². The molecule has 0 spiro atoms. The zero-order valence-electron chi connectivity index (χ0n) is 9.25. The van der Waals surface area contributed by atoms with Crippen molar-refractivity contribution >= 4 is 10.9 Å². The van der Waals surface area contributed by atoms with Crippen LogP contribution < -0.4 is 5.32 Å². The molecule has 1 aliphatic heterocycles. The van der Waals surface area contributed by atoms with Gasteiger partial charge in [-0.05, 0) is 25.5 Å². The molecule has 3 rings (SSSR count). The zero-order chi connectivity index (χ0) is 10.4. The Kier molecular flexibility index (Phi) is 1.86. The van der Waals surface area contributed by atoms with E-state index in [1.54, 1.807) is 0 Å². The topological polar surface area (TPSA) is 17.0 Å². The smallest absolute Gasteiger partial charge is 0.0515 e. The van der Waals surface area contributed by atoms with E-state index in [-0.39, 0.29) is 0 Å². The predicted molar refractivity (Wildman–Crippen MR) is 63.1 cm³/mol. The quantitative estimate of drug-likeness (QED) is 0.691. The Balaban J connectivity index is 2.38. The van der Waals surface area contributed by atoms with Gasteiger partial charge in [0.25, 0.3) is 0 Å². The van der Waals surface area contributed by atoms with E-state index in [4.69, 9.17) is 0 Å². The third kappa shape index (κ3) is 1.21.